The summed E-state index contributed by atoms with van der Waals surface area (Å²) in [7, 11) is 1.60. The van der Waals surface area contributed by atoms with Crippen LogP contribution in [0.1, 0.15) is 23.6 Å². The maximum atomic E-state index is 13.4. The van der Waals surface area contributed by atoms with Gasteiger partial charge in [0.05, 0.1) is 26.8 Å². The molecule has 3 rings (SSSR count). The van der Waals surface area contributed by atoms with Crippen LogP contribution in [0.3, 0.4) is 0 Å². The second-order valence-electron chi connectivity index (χ2n) is 6.90. The predicted molar refractivity (Wildman–Crippen MR) is 105 cm³/mol. The van der Waals surface area contributed by atoms with Gasteiger partial charge in [-0.25, -0.2) is 14.2 Å². The van der Waals surface area contributed by atoms with Crippen molar-refractivity contribution in [1.82, 2.24) is 14.4 Å². The van der Waals surface area contributed by atoms with Gasteiger partial charge in [0.2, 0.25) is 5.88 Å². The minimum atomic E-state index is -0.820. The molecule has 0 bridgehead atoms. The molecule has 28 heavy (non-hydrogen) atoms. The number of hydroxylamine groups is 2. The number of carbonyl (C=O) groups is 1. The topological polar surface area (TPSA) is 74.9 Å². The van der Waals surface area contributed by atoms with Gasteiger partial charge in [0.1, 0.15) is 5.56 Å². The summed E-state index contributed by atoms with van der Waals surface area (Å²) >= 11 is 0. The molecule has 0 saturated heterocycles. The Morgan fingerprint density at radius 3 is 2.18 bits per heavy atom. The molecule has 0 amide bonds. The van der Waals surface area contributed by atoms with Crippen molar-refractivity contribution in [2.24, 2.45) is 0 Å². The van der Waals surface area contributed by atoms with Gasteiger partial charge in [0.15, 0.2) is 0 Å². The van der Waals surface area contributed by atoms with Crippen LogP contribution in [0.5, 0.6) is 5.88 Å². The summed E-state index contributed by atoms with van der Waals surface area (Å²) < 4.78 is 13.8. The lowest BCUT2D eigenvalue weighted by Crippen LogP contribution is -2.27. The third-order valence-electron chi connectivity index (χ3n) is 4.94. The lowest BCUT2D eigenvalue weighted by molar-refractivity contribution is -0.130. The zero-order valence-electron chi connectivity index (χ0n) is 17.1. The summed E-state index contributed by atoms with van der Waals surface area (Å²) in [4.78, 5) is 30.8. The van der Waals surface area contributed by atoms with Crippen molar-refractivity contribution >= 4 is 6.16 Å². The Morgan fingerprint density at radius 2 is 1.61 bits per heavy atom. The van der Waals surface area contributed by atoms with E-state index in [-0.39, 0.29) is 18.0 Å². The average Bonchev–Trinajstić information content (AvgIpc) is 2.78. The van der Waals surface area contributed by atoms with Crippen LogP contribution in [0.4, 0.5) is 4.79 Å². The smallest absolute Gasteiger partial charge is 0.434 e. The van der Waals surface area contributed by atoms with Crippen LogP contribution in [0.25, 0.3) is 11.1 Å². The quantitative estimate of drug-likeness (QED) is 0.749. The first-order chi connectivity index (χ1) is 13.4. The lowest BCUT2D eigenvalue weighted by atomic mass is 9.95. The van der Waals surface area contributed by atoms with E-state index in [9.17, 15) is 9.59 Å². The predicted octanol–water partition coefficient (Wildman–Crippen LogP) is 2.65. The van der Waals surface area contributed by atoms with Gasteiger partial charge < -0.3 is 14.3 Å². The van der Waals surface area contributed by atoms with Crippen molar-refractivity contribution in [3.63, 3.8) is 0 Å². The fourth-order valence-electron chi connectivity index (χ4n) is 3.84. The molecule has 1 aliphatic rings. The number of ether oxygens (including phenoxy) is 2. The number of aromatic nitrogens is 2. The monoisotopic (exact) mass is 389 g/mol. The van der Waals surface area contributed by atoms with E-state index < -0.39 is 6.16 Å². The Labute approximate surface area is 164 Å². The first-order valence-corrected chi connectivity index (χ1v) is 9.42. The van der Waals surface area contributed by atoms with Gasteiger partial charge in [-0.05, 0) is 44.4 Å². The number of carbonyl (C=O) groups excluding carboxylic acids is 1. The molecule has 2 heterocycles. The lowest BCUT2D eigenvalue weighted by Gasteiger charge is -2.16. The minimum absolute atomic E-state index is 0.188. The van der Waals surface area contributed by atoms with E-state index in [2.05, 4.69) is 0 Å². The molecule has 0 fully saturated rings. The summed E-state index contributed by atoms with van der Waals surface area (Å²) in [5.74, 6) is 0.219. The van der Waals surface area contributed by atoms with Crippen molar-refractivity contribution in [3.8, 4) is 17.0 Å². The zero-order chi connectivity index (χ0) is 20.4. The van der Waals surface area contributed by atoms with E-state index in [1.807, 2.05) is 32.9 Å². The Kier molecular flexibility index (Phi) is 5.90. The Morgan fingerprint density at radius 1 is 1.00 bits per heavy atom. The van der Waals surface area contributed by atoms with Gasteiger partial charge in [-0.1, -0.05) is 17.7 Å². The summed E-state index contributed by atoms with van der Waals surface area (Å²) in [6, 6.07) is 4.05. The highest BCUT2D eigenvalue weighted by Gasteiger charge is 2.29. The molecule has 1 aliphatic heterocycles. The molecule has 0 spiro atoms. The molecular formula is C20H27N3O5. The molecule has 0 radical (unpaired) electrons. The van der Waals surface area contributed by atoms with Gasteiger partial charge in [-0.2, -0.15) is 5.06 Å². The fraction of sp³-hybridized carbons (Fsp3) is 0.500. The van der Waals surface area contributed by atoms with Crippen molar-refractivity contribution < 1.29 is 19.1 Å². The summed E-state index contributed by atoms with van der Waals surface area (Å²) in [6.45, 7) is 9.84. The standard InChI is InChI=1S/C20H27N3O5/c1-6-27-20(25)28-19-17(16-14(3)11-13(2)12-15(16)4)18(24)22-9-7-21(26-5)8-10-23(19)22/h11-12H,6-10H2,1-5H3. The Bertz CT molecular complexity index is 921. The molecular weight excluding hydrogens is 362 g/mol. The van der Waals surface area contributed by atoms with E-state index >= 15 is 0 Å². The largest absolute Gasteiger partial charge is 0.515 e. The highest BCUT2D eigenvalue weighted by Crippen LogP contribution is 2.34. The fourth-order valence-corrected chi connectivity index (χ4v) is 3.84. The highest BCUT2D eigenvalue weighted by molar-refractivity contribution is 5.77. The van der Waals surface area contributed by atoms with Gasteiger partial charge in [-0.3, -0.25) is 4.79 Å². The Balaban J connectivity index is 2.20. The van der Waals surface area contributed by atoms with E-state index in [4.69, 9.17) is 14.3 Å². The van der Waals surface area contributed by atoms with Crippen molar-refractivity contribution in [3.05, 3.63) is 39.2 Å². The van der Waals surface area contributed by atoms with Gasteiger partial charge in [-0.15, -0.1) is 0 Å². The van der Waals surface area contributed by atoms with E-state index in [0.29, 0.717) is 31.7 Å². The number of hydrogen-bond donors (Lipinski definition) is 0. The summed E-state index contributed by atoms with van der Waals surface area (Å²) in [5.41, 5.74) is 4.04. The molecule has 8 nitrogen and oxygen atoms in total. The average molecular weight is 389 g/mol. The molecule has 8 heteroatoms. The summed E-state index contributed by atoms with van der Waals surface area (Å²) in [5, 5.41) is 1.77. The first-order valence-electron chi connectivity index (χ1n) is 9.42. The van der Waals surface area contributed by atoms with E-state index in [1.54, 1.807) is 28.5 Å². The number of rotatable bonds is 4. The number of aryl methyl sites for hydroxylation is 3. The van der Waals surface area contributed by atoms with Crippen molar-refractivity contribution in [1.29, 1.82) is 0 Å². The molecule has 2 aromatic rings. The molecule has 1 aromatic heterocycles. The highest BCUT2D eigenvalue weighted by atomic mass is 16.7. The van der Waals surface area contributed by atoms with Crippen LogP contribution in [-0.2, 0) is 22.7 Å². The maximum absolute atomic E-state index is 13.4. The van der Waals surface area contributed by atoms with Gasteiger partial charge in [0.25, 0.3) is 5.56 Å². The van der Waals surface area contributed by atoms with Crippen LogP contribution in [0, 0.1) is 20.8 Å². The second kappa shape index (κ2) is 8.20. The number of fused-ring (bicyclic) bond motifs is 1. The van der Waals surface area contributed by atoms with Crippen molar-refractivity contribution in [2.75, 3.05) is 26.8 Å². The molecule has 152 valence electrons. The van der Waals surface area contributed by atoms with Gasteiger partial charge >= 0.3 is 6.16 Å². The summed E-state index contributed by atoms with van der Waals surface area (Å²) in [6.07, 6.45) is -0.820. The molecule has 0 N–H and O–H groups in total. The van der Waals surface area contributed by atoms with Crippen molar-refractivity contribution in [2.45, 2.75) is 40.8 Å². The normalized spacial score (nSPS) is 14.5. The number of nitrogens with zero attached hydrogens (tertiary/aromatic N) is 3. The van der Waals surface area contributed by atoms with Crippen LogP contribution < -0.4 is 10.3 Å². The SMILES string of the molecule is CCOC(=O)Oc1c(-c2c(C)cc(C)cc2C)c(=O)n2n1CCN(OC)CC2. The number of benzene rings is 1. The van der Waals surface area contributed by atoms with E-state index in [1.165, 1.54) is 0 Å². The molecule has 0 unspecified atom stereocenters. The van der Waals surface area contributed by atoms with Crippen LogP contribution in [0.2, 0.25) is 0 Å². The van der Waals surface area contributed by atoms with Gasteiger partial charge in [0, 0.05) is 13.1 Å². The van der Waals surface area contributed by atoms with E-state index in [0.717, 1.165) is 22.3 Å². The molecule has 0 atom stereocenters. The number of hydrogen-bond acceptors (Lipinski definition) is 6. The first kappa shape index (κ1) is 20.2. The van der Waals surface area contributed by atoms with Crippen LogP contribution in [0.15, 0.2) is 16.9 Å². The minimum Gasteiger partial charge on any atom is -0.434 e. The Hall–Kier alpha value is -2.58. The maximum Gasteiger partial charge on any atom is 0.515 e. The van der Waals surface area contributed by atoms with Crippen LogP contribution in [-0.4, -0.2) is 47.4 Å². The third-order valence-corrected chi connectivity index (χ3v) is 4.94. The molecule has 1 aromatic carbocycles. The third kappa shape index (κ3) is 3.70. The zero-order valence-corrected chi connectivity index (χ0v) is 17.1. The molecule has 0 aliphatic carbocycles. The molecule has 0 saturated carbocycles. The second-order valence-corrected chi connectivity index (χ2v) is 6.90. The van der Waals surface area contributed by atoms with Crippen LogP contribution >= 0.6 is 0 Å².